The van der Waals surface area contributed by atoms with Gasteiger partial charge in [0.25, 0.3) is 0 Å². The summed E-state index contributed by atoms with van der Waals surface area (Å²) in [6.07, 6.45) is 2.99. The van der Waals surface area contributed by atoms with Crippen molar-refractivity contribution in [2.75, 3.05) is 13.2 Å². The molecule has 2 aromatic rings. The van der Waals surface area contributed by atoms with Gasteiger partial charge in [-0.05, 0) is 67.1 Å². The maximum absolute atomic E-state index is 10.1. The van der Waals surface area contributed by atoms with Crippen molar-refractivity contribution in [2.45, 2.75) is 38.3 Å². The minimum atomic E-state index is -0.548. The summed E-state index contributed by atoms with van der Waals surface area (Å²) < 4.78 is 5.74. The van der Waals surface area contributed by atoms with Crippen LogP contribution in [0.4, 0.5) is 0 Å². The van der Waals surface area contributed by atoms with Crippen molar-refractivity contribution in [3.8, 4) is 5.75 Å². The Labute approximate surface area is 148 Å². The highest BCUT2D eigenvalue weighted by molar-refractivity contribution is 6.30. The highest BCUT2D eigenvalue weighted by atomic mass is 35.5. The van der Waals surface area contributed by atoms with Crippen LogP contribution in [-0.4, -0.2) is 24.4 Å². The largest absolute Gasteiger partial charge is 0.491 e. The summed E-state index contributed by atoms with van der Waals surface area (Å²) in [5.41, 5.74) is 3.96. The smallest absolute Gasteiger partial charge is 0.119 e. The predicted molar refractivity (Wildman–Crippen MR) is 97.8 cm³/mol. The van der Waals surface area contributed by atoms with E-state index in [1.807, 2.05) is 30.3 Å². The fraction of sp³-hybridized carbons (Fsp3) is 0.400. The van der Waals surface area contributed by atoms with Gasteiger partial charge in [-0.1, -0.05) is 29.8 Å². The van der Waals surface area contributed by atoms with Crippen LogP contribution in [0.25, 0.3) is 0 Å². The Balaban J connectivity index is 1.44. The zero-order valence-corrected chi connectivity index (χ0v) is 14.7. The average molecular weight is 346 g/mol. The minimum absolute atomic E-state index is 0.150. The van der Waals surface area contributed by atoms with Crippen LogP contribution in [0.2, 0.25) is 5.02 Å². The molecule has 0 spiro atoms. The Hall–Kier alpha value is -1.55. The van der Waals surface area contributed by atoms with Gasteiger partial charge in [0.2, 0.25) is 0 Å². The number of benzene rings is 2. The second-order valence-corrected chi connectivity index (χ2v) is 6.87. The Bertz CT molecular complexity index is 672. The minimum Gasteiger partial charge on any atom is -0.491 e. The molecule has 3 rings (SSSR count). The summed E-state index contributed by atoms with van der Waals surface area (Å²) in [4.78, 5) is 0. The third-order valence-corrected chi connectivity index (χ3v) is 4.79. The van der Waals surface area contributed by atoms with E-state index < -0.39 is 6.10 Å². The molecule has 4 heteroatoms. The van der Waals surface area contributed by atoms with Crippen LogP contribution in [0.3, 0.4) is 0 Å². The van der Waals surface area contributed by atoms with Crippen LogP contribution in [0.5, 0.6) is 5.75 Å². The molecular formula is C20H24ClNO2. The lowest BCUT2D eigenvalue weighted by molar-refractivity contribution is 0.104. The standard InChI is InChI=1S/C20H24ClNO2/c1-14(15-5-8-18(21)9-6-15)22-12-19(23)13-24-20-10-7-16-3-2-4-17(16)11-20/h5-11,14,19,22-23H,2-4,12-13H2,1H3. The van der Waals surface area contributed by atoms with Crippen molar-refractivity contribution in [3.05, 3.63) is 64.2 Å². The molecule has 0 fully saturated rings. The van der Waals surface area contributed by atoms with E-state index in [1.54, 1.807) is 0 Å². The first-order chi connectivity index (χ1) is 11.6. The molecular weight excluding hydrogens is 322 g/mol. The molecule has 0 amide bonds. The van der Waals surface area contributed by atoms with Gasteiger partial charge in [-0.15, -0.1) is 0 Å². The van der Waals surface area contributed by atoms with E-state index in [-0.39, 0.29) is 6.04 Å². The van der Waals surface area contributed by atoms with Gasteiger partial charge in [-0.25, -0.2) is 0 Å². The normalized spacial score (nSPS) is 15.8. The van der Waals surface area contributed by atoms with Crippen molar-refractivity contribution >= 4 is 11.6 Å². The van der Waals surface area contributed by atoms with E-state index >= 15 is 0 Å². The van der Waals surface area contributed by atoms with Gasteiger partial charge >= 0.3 is 0 Å². The summed E-state index contributed by atoms with van der Waals surface area (Å²) in [7, 11) is 0. The van der Waals surface area contributed by atoms with Gasteiger partial charge in [0.1, 0.15) is 18.5 Å². The Morgan fingerprint density at radius 2 is 1.88 bits per heavy atom. The lowest BCUT2D eigenvalue weighted by Gasteiger charge is -2.18. The number of nitrogens with one attached hydrogen (secondary N) is 1. The van der Waals surface area contributed by atoms with E-state index in [1.165, 1.54) is 24.0 Å². The Morgan fingerprint density at radius 3 is 2.67 bits per heavy atom. The molecule has 1 aliphatic carbocycles. The zero-order chi connectivity index (χ0) is 16.9. The van der Waals surface area contributed by atoms with E-state index in [0.29, 0.717) is 13.2 Å². The van der Waals surface area contributed by atoms with Crippen molar-refractivity contribution in [1.82, 2.24) is 5.32 Å². The summed E-state index contributed by atoms with van der Waals surface area (Å²) in [6.45, 7) is 2.84. The molecule has 0 aliphatic heterocycles. The van der Waals surface area contributed by atoms with Crippen molar-refractivity contribution in [3.63, 3.8) is 0 Å². The van der Waals surface area contributed by atoms with Crippen molar-refractivity contribution in [1.29, 1.82) is 0 Å². The van der Waals surface area contributed by atoms with Crippen LogP contribution in [0, 0.1) is 0 Å². The first-order valence-electron chi connectivity index (χ1n) is 8.53. The Kier molecular flexibility index (Phi) is 5.77. The number of hydrogen-bond donors (Lipinski definition) is 2. The summed E-state index contributed by atoms with van der Waals surface area (Å²) >= 11 is 5.90. The number of hydrogen-bond acceptors (Lipinski definition) is 3. The van der Waals surface area contributed by atoms with Crippen LogP contribution in [-0.2, 0) is 12.8 Å². The number of ether oxygens (including phenoxy) is 1. The highest BCUT2D eigenvalue weighted by Crippen LogP contribution is 2.26. The summed E-state index contributed by atoms with van der Waals surface area (Å²) in [5.74, 6) is 0.848. The molecule has 2 aromatic carbocycles. The molecule has 0 heterocycles. The van der Waals surface area contributed by atoms with Gasteiger partial charge < -0.3 is 15.2 Å². The third-order valence-electron chi connectivity index (χ3n) is 4.54. The molecule has 24 heavy (non-hydrogen) atoms. The average Bonchev–Trinajstić information content (AvgIpc) is 3.06. The third kappa shape index (κ3) is 4.50. The van der Waals surface area contributed by atoms with E-state index in [0.717, 1.165) is 22.8 Å². The molecule has 0 bridgehead atoms. The fourth-order valence-corrected chi connectivity index (χ4v) is 3.20. The second-order valence-electron chi connectivity index (χ2n) is 6.43. The molecule has 1 aliphatic rings. The first kappa shape index (κ1) is 17.3. The van der Waals surface area contributed by atoms with Crippen LogP contribution in [0.1, 0.15) is 36.1 Å². The van der Waals surface area contributed by atoms with Gasteiger partial charge in [-0.2, -0.15) is 0 Å². The molecule has 2 unspecified atom stereocenters. The maximum atomic E-state index is 10.1. The number of aliphatic hydroxyl groups is 1. The number of aliphatic hydroxyl groups excluding tert-OH is 1. The van der Waals surface area contributed by atoms with E-state index in [4.69, 9.17) is 16.3 Å². The fourth-order valence-electron chi connectivity index (χ4n) is 3.07. The van der Waals surface area contributed by atoms with Gasteiger partial charge in [-0.3, -0.25) is 0 Å². The van der Waals surface area contributed by atoms with Crippen molar-refractivity contribution in [2.24, 2.45) is 0 Å². The van der Waals surface area contributed by atoms with Crippen molar-refractivity contribution < 1.29 is 9.84 Å². The van der Waals surface area contributed by atoms with E-state index in [2.05, 4.69) is 24.4 Å². The first-order valence-corrected chi connectivity index (χ1v) is 8.91. The van der Waals surface area contributed by atoms with Gasteiger partial charge in [0.15, 0.2) is 0 Å². The van der Waals surface area contributed by atoms with E-state index in [9.17, 15) is 5.11 Å². The lowest BCUT2D eigenvalue weighted by Crippen LogP contribution is -2.33. The zero-order valence-electron chi connectivity index (χ0n) is 14.0. The molecule has 0 aromatic heterocycles. The summed E-state index contributed by atoms with van der Waals surface area (Å²) in [5, 5.41) is 14.2. The maximum Gasteiger partial charge on any atom is 0.119 e. The monoisotopic (exact) mass is 345 g/mol. The number of rotatable bonds is 7. The molecule has 2 N–H and O–H groups in total. The molecule has 0 saturated heterocycles. The molecule has 0 saturated carbocycles. The van der Waals surface area contributed by atoms with Crippen LogP contribution in [0.15, 0.2) is 42.5 Å². The van der Waals surface area contributed by atoms with Crippen LogP contribution >= 0.6 is 11.6 Å². The number of fused-ring (bicyclic) bond motifs is 1. The topological polar surface area (TPSA) is 41.5 Å². The SMILES string of the molecule is CC(NCC(O)COc1ccc2c(c1)CCC2)c1ccc(Cl)cc1. The van der Waals surface area contributed by atoms with Gasteiger partial charge in [0.05, 0.1) is 0 Å². The second kappa shape index (κ2) is 8.02. The predicted octanol–water partition coefficient (Wildman–Crippen LogP) is 3.92. The van der Waals surface area contributed by atoms with Gasteiger partial charge in [0, 0.05) is 17.6 Å². The highest BCUT2D eigenvalue weighted by Gasteiger charge is 2.13. The quantitative estimate of drug-likeness (QED) is 0.799. The lowest BCUT2D eigenvalue weighted by atomic mass is 10.1. The number of aryl methyl sites for hydroxylation is 2. The van der Waals surface area contributed by atoms with Crippen LogP contribution < -0.4 is 10.1 Å². The molecule has 0 radical (unpaired) electrons. The Morgan fingerprint density at radius 1 is 1.12 bits per heavy atom. The molecule has 128 valence electrons. The number of halogens is 1. The molecule has 3 nitrogen and oxygen atoms in total. The summed E-state index contributed by atoms with van der Waals surface area (Å²) in [6, 6.07) is 14.1. The molecule has 2 atom stereocenters.